The van der Waals surface area contributed by atoms with Crippen molar-refractivity contribution in [1.29, 1.82) is 0 Å². The number of aliphatic hydroxyl groups is 1. The summed E-state index contributed by atoms with van der Waals surface area (Å²) < 4.78 is 41.0. The van der Waals surface area contributed by atoms with Gasteiger partial charge >= 0.3 is 6.18 Å². The van der Waals surface area contributed by atoms with E-state index in [9.17, 15) is 18.3 Å². The van der Waals surface area contributed by atoms with Crippen LogP contribution < -0.4 is 0 Å². The quantitative estimate of drug-likeness (QED) is 0.809. The Kier molecular flexibility index (Phi) is 5.20. The first-order valence-corrected chi connectivity index (χ1v) is 6.77. The largest absolute Gasteiger partial charge is 0.389 e. The molecule has 2 aromatic rings. The minimum Gasteiger partial charge on any atom is -0.386 e. The first-order valence-electron chi connectivity index (χ1n) is 6.77. The van der Waals surface area contributed by atoms with E-state index >= 15 is 0 Å². The van der Waals surface area contributed by atoms with E-state index in [-0.39, 0.29) is 19.6 Å². The van der Waals surface area contributed by atoms with E-state index in [1.54, 1.807) is 6.07 Å². The second-order valence-electron chi connectivity index (χ2n) is 4.92. The van der Waals surface area contributed by atoms with E-state index in [1.165, 1.54) is 0 Å². The van der Waals surface area contributed by atoms with Crippen molar-refractivity contribution in [3.05, 3.63) is 48.0 Å². The summed E-state index contributed by atoms with van der Waals surface area (Å²) in [5.74, 6) is 0. The van der Waals surface area contributed by atoms with Crippen LogP contribution in [0.1, 0.15) is 24.5 Å². The van der Waals surface area contributed by atoms with E-state index < -0.39 is 18.7 Å². The van der Waals surface area contributed by atoms with Crippen molar-refractivity contribution in [2.45, 2.75) is 25.1 Å². The van der Waals surface area contributed by atoms with Crippen molar-refractivity contribution in [2.75, 3.05) is 13.2 Å². The molecule has 0 radical (unpaired) electrons. The molecule has 1 atom stereocenters. The number of alkyl halides is 3. The van der Waals surface area contributed by atoms with Crippen LogP contribution in [0.5, 0.6) is 0 Å². The molecule has 1 unspecified atom stereocenters. The maximum Gasteiger partial charge on any atom is 0.389 e. The van der Waals surface area contributed by atoms with Gasteiger partial charge < -0.3 is 9.84 Å². The molecule has 1 N–H and O–H groups in total. The summed E-state index contributed by atoms with van der Waals surface area (Å²) in [7, 11) is 0. The molecule has 21 heavy (non-hydrogen) atoms. The molecule has 0 heterocycles. The first kappa shape index (κ1) is 15.8. The summed E-state index contributed by atoms with van der Waals surface area (Å²) in [6.45, 7) is -0.0135. The molecule has 0 aliphatic heterocycles. The Labute approximate surface area is 121 Å². The summed E-state index contributed by atoms with van der Waals surface area (Å²) in [5.41, 5.74) is 0.699. The molecule has 114 valence electrons. The predicted octanol–water partition coefficient (Wildman–Crippen LogP) is 4.23. The Morgan fingerprint density at radius 3 is 2.48 bits per heavy atom. The van der Waals surface area contributed by atoms with Crippen LogP contribution in [0.3, 0.4) is 0 Å². The van der Waals surface area contributed by atoms with Crippen molar-refractivity contribution in [3.8, 4) is 0 Å². The Bertz CT molecular complexity index is 581. The van der Waals surface area contributed by atoms with Gasteiger partial charge in [-0.15, -0.1) is 0 Å². The van der Waals surface area contributed by atoms with Crippen LogP contribution in [0.4, 0.5) is 13.2 Å². The van der Waals surface area contributed by atoms with Gasteiger partial charge in [0.05, 0.1) is 6.61 Å². The van der Waals surface area contributed by atoms with Gasteiger partial charge in [0.15, 0.2) is 0 Å². The van der Waals surface area contributed by atoms with Crippen molar-refractivity contribution < 1.29 is 23.0 Å². The van der Waals surface area contributed by atoms with E-state index in [2.05, 4.69) is 0 Å². The fraction of sp³-hybridized carbons (Fsp3) is 0.375. The minimum atomic E-state index is -4.15. The standard InChI is InChI=1S/C16H17F3O2/c17-16(18,19)8-3-9-21-11-15(20)14-7-6-12-4-1-2-5-13(12)10-14/h1-2,4-7,10,15,20H,3,8-9,11H2. The van der Waals surface area contributed by atoms with Gasteiger partial charge in [0.1, 0.15) is 6.10 Å². The average molecular weight is 298 g/mol. The average Bonchev–Trinajstić information content (AvgIpc) is 2.45. The summed E-state index contributed by atoms with van der Waals surface area (Å²) in [6, 6.07) is 13.3. The fourth-order valence-electron chi connectivity index (χ4n) is 2.08. The van der Waals surface area contributed by atoms with E-state index in [0.29, 0.717) is 5.56 Å². The zero-order valence-corrected chi connectivity index (χ0v) is 11.4. The van der Waals surface area contributed by atoms with Crippen molar-refractivity contribution >= 4 is 10.8 Å². The van der Waals surface area contributed by atoms with Crippen LogP contribution in [0.2, 0.25) is 0 Å². The van der Waals surface area contributed by atoms with Gasteiger partial charge in [-0.3, -0.25) is 0 Å². The van der Waals surface area contributed by atoms with Crippen LogP contribution in [-0.4, -0.2) is 24.5 Å². The number of hydrogen-bond donors (Lipinski definition) is 1. The fourth-order valence-corrected chi connectivity index (χ4v) is 2.08. The number of benzene rings is 2. The minimum absolute atomic E-state index is 0.00377. The molecule has 2 rings (SSSR count). The molecule has 0 saturated heterocycles. The van der Waals surface area contributed by atoms with E-state index in [1.807, 2.05) is 36.4 Å². The molecule has 2 nitrogen and oxygen atoms in total. The van der Waals surface area contributed by atoms with Crippen molar-refractivity contribution in [2.24, 2.45) is 0 Å². The zero-order valence-electron chi connectivity index (χ0n) is 11.4. The van der Waals surface area contributed by atoms with Gasteiger partial charge in [-0.1, -0.05) is 36.4 Å². The smallest absolute Gasteiger partial charge is 0.386 e. The van der Waals surface area contributed by atoms with Gasteiger partial charge in [-0.2, -0.15) is 13.2 Å². The first-order chi connectivity index (χ1) is 9.96. The topological polar surface area (TPSA) is 29.5 Å². The Hall–Kier alpha value is -1.59. The highest BCUT2D eigenvalue weighted by Gasteiger charge is 2.26. The number of hydrogen-bond acceptors (Lipinski definition) is 2. The number of fused-ring (bicyclic) bond motifs is 1. The van der Waals surface area contributed by atoms with Crippen LogP contribution in [-0.2, 0) is 4.74 Å². The molecule has 2 aromatic carbocycles. The third-order valence-corrected chi connectivity index (χ3v) is 3.18. The number of halogens is 3. The lowest BCUT2D eigenvalue weighted by molar-refractivity contribution is -0.138. The van der Waals surface area contributed by atoms with Gasteiger partial charge in [0, 0.05) is 13.0 Å². The number of ether oxygens (including phenoxy) is 1. The lowest BCUT2D eigenvalue weighted by atomic mass is 10.0. The lowest BCUT2D eigenvalue weighted by Crippen LogP contribution is -2.11. The third kappa shape index (κ3) is 5.02. The lowest BCUT2D eigenvalue weighted by Gasteiger charge is -2.13. The molecule has 0 aromatic heterocycles. The normalized spacial score (nSPS) is 13.5. The van der Waals surface area contributed by atoms with Crippen LogP contribution in [0.15, 0.2) is 42.5 Å². The maximum atomic E-state index is 11.9. The molecular formula is C16H17F3O2. The highest BCUT2D eigenvalue weighted by molar-refractivity contribution is 5.83. The monoisotopic (exact) mass is 298 g/mol. The van der Waals surface area contributed by atoms with Gasteiger partial charge in [0.25, 0.3) is 0 Å². The second-order valence-corrected chi connectivity index (χ2v) is 4.92. The molecule has 0 aliphatic rings. The SMILES string of the molecule is OC(COCCCC(F)(F)F)c1ccc2ccccc2c1. The van der Waals surface area contributed by atoms with Gasteiger partial charge in [-0.05, 0) is 28.8 Å². The van der Waals surface area contributed by atoms with Gasteiger partial charge in [-0.25, -0.2) is 0 Å². The van der Waals surface area contributed by atoms with Crippen LogP contribution >= 0.6 is 0 Å². The highest BCUT2D eigenvalue weighted by atomic mass is 19.4. The Morgan fingerprint density at radius 2 is 1.76 bits per heavy atom. The second kappa shape index (κ2) is 6.91. The predicted molar refractivity (Wildman–Crippen MR) is 75.0 cm³/mol. The molecule has 0 amide bonds. The van der Waals surface area contributed by atoms with Crippen LogP contribution in [0.25, 0.3) is 10.8 Å². The summed E-state index contributed by atoms with van der Waals surface area (Å²) in [4.78, 5) is 0. The Balaban J connectivity index is 1.83. The summed E-state index contributed by atoms with van der Waals surface area (Å²) >= 11 is 0. The van der Waals surface area contributed by atoms with Crippen molar-refractivity contribution in [1.82, 2.24) is 0 Å². The summed E-state index contributed by atoms with van der Waals surface area (Å²) in [5, 5.41) is 12.1. The molecule has 5 heteroatoms. The Morgan fingerprint density at radius 1 is 1.05 bits per heavy atom. The zero-order chi connectivity index (χ0) is 15.3. The van der Waals surface area contributed by atoms with Gasteiger partial charge in [0.2, 0.25) is 0 Å². The highest BCUT2D eigenvalue weighted by Crippen LogP contribution is 2.22. The third-order valence-electron chi connectivity index (χ3n) is 3.18. The van der Waals surface area contributed by atoms with Crippen molar-refractivity contribution in [3.63, 3.8) is 0 Å². The summed E-state index contributed by atoms with van der Waals surface area (Å²) in [6.07, 6.45) is -5.94. The number of aliphatic hydroxyl groups excluding tert-OH is 1. The molecule has 0 spiro atoms. The molecule has 0 saturated carbocycles. The van der Waals surface area contributed by atoms with E-state index in [0.717, 1.165) is 10.8 Å². The molecule has 0 bridgehead atoms. The van der Waals surface area contributed by atoms with E-state index in [4.69, 9.17) is 4.74 Å². The maximum absolute atomic E-state index is 11.9. The molecule has 0 fully saturated rings. The van der Waals surface area contributed by atoms with Crippen LogP contribution in [0, 0.1) is 0 Å². The molecule has 0 aliphatic carbocycles. The number of rotatable bonds is 6. The molecular weight excluding hydrogens is 281 g/mol.